The maximum Gasteiger partial charge on any atom is 0.335 e. The molecule has 1 heterocycles. The van der Waals surface area contributed by atoms with Crippen LogP contribution in [-0.4, -0.2) is 44.1 Å². The topological polar surface area (TPSA) is 123 Å². The Morgan fingerprint density at radius 3 is 2.56 bits per heavy atom. The van der Waals surface area contributed by atoms with Crippen LogP contribution < -0.4 is 29.7 Å². The summed E-state index contributed by atoms with van der Waals surface area (Å²) in [6.07, 6.45) is 1.34. The second-order valence-corrected chi connectivity index (χ2v) is 9.90. The smallest absolute Gasteiger partial charge is 0.335 e. The molecule has 3 aromatic rings. The van der Waals surface area contributed by atoms with Gasteiger partial charge in [-0.1, -0.05) is 29.8 Å². The summed E-state index contributed by atoms with van der Waals surface area (Å²) in [6.45, 7) is 3.37. The third-order valence-corrected chi connectivity index (χ3v) is 6.95. The number of para-hydroxylation sites is 2. The molecule has 1 aliphatic heterocycles. The zero-order valence-electron chi connectivity index (χ0n) is 22.2. The van der Waals surface area contributed by atoms with Crippen LogP contribution in [0.4, 0.5) is 16.2 Å². The van der Waals surface area contributed by atoms with Gasteiger partial charge in [-0.3, -0.25) is 19.7 Å². The average molecular weight is 643 g/mol. The molecule has 1 aliphatic rings. The highest BCUT2D eigenvalue weighted by molar-refractivity contribution is 9.10. The number of hydrogen-bond donors (Lipinski definition) is 2. The molecule has 10 nitrogen and oxygen atoms in total. The van der Waals surface area contributed by atoms with Gasteiger partial charge in [-0.2, -0.15) is 0 Å². The van der Waals surface area contributed by atoms with Crippen molar-refractivity contribution in [2.24, 2.45) is 0 Å². The lowest BCUT2D eigenvalue weighted by molar-refractivity contribution is -0.122. The van der Waals surface area contributed by atoms with E-state index in [4.69, 9.17) is 25.8 Å². The van der Waals surface area contributed by atoms with Crippen molar-refractivity contribution in [2.45, 2.75) is 13.8 Å². The fourth-order valence-corrected chi connectivity index (χ4v) is 4.77. The number of halogens is 2. The van der Waals surface area contributed by atoms with Gasteiger partial charge in [0.15, 0.2) is 18.1 Å². The summed E-state index contributed by atoms with van der Waals surface area (Å²) in [6, 6.07) is 14.0. The van der Waals surface area contributed by atoms with Crippen LogP contribution in [0.3, 0.4) is 0 Å². The highest BCUT2D eigenvalue weighted by atomic mass is 79.9. The number of nitrogens with zero attached hydrogens (tertiary/aromatic N) is 1. The summed E-state index contributed by atoms with van der Waals surface area (Å²) in [5.41, 5.74) is 1.38. The van der Waals surface area contributed by atoms with Crippen molar-refractivity contribution < 1.29 is 33.4 Å². The minimum Gasteiger partial charge on any atom is -0.495 e. The summed E-state index contributed by atoms with van der Waals surface area (Å²) in [5.74, 6) is -1.08. The lowest BCUT2D eigenvalue weighted by Crippen LogP contribution is -2.54. The van der Waals surface area contributed by atoms with Gasteiger partial charge in [-0.15, -0.1) is 0 Å². The van der Waals surface area contributed by atoms with E-state index in [1.54, 1.807) is 68.4 Å². The number of nitrogens with one attached hydrogen (secondary N) is 2. The van der Waals surface area contributed by atoms with Crippen molar-refractivity contribution in [3.05, 3.63) is 80.8 Å². The van der Waals surface area contributed by atoms with E-state index in [1.165, 1.54) is 13.2 Å². The van der Waals surface area contributed by atoms with Crippen molar-refractivity contribution in [3.63, 3.8) is 0 Å². The Morgan fingerprint density at radius 1 is 1.07 bits per heavy atom. The van der Waals surface area contributed by atoms with Crippen molar-refractivity contribution in [2.75, 3.05) is 30.5 Å². The lowest BCUT2D eigenvalue weighted by Gasteiger charge is -2.27. The molecule has 0 spiro atoms. The number of imide groups is 2. The quantitative estimate of drug-likeness (QED) is 0.233. The summed E-state index contributed by atoms with van der Waals surface area (Å²) in [4.78, 5) is 52.1. The molecule has 212 valence electrons. The number of carbonyl (C=O) groups excluding carboxylic acids is 4. The number of urea groups is 1. The summed E-state index contributed by atoms with van der Waals surface area (Å²) in [5, 5.41) is 5.29. The number of anilines is 2. The van der Waals surface area contributed by atoms with Crippen molar-refractivity contribution in [1.82, 2.24) is 5.32 Å². The molecule has 1 saturated heterocycles. The van der Waals surface area contributed by atoms with Crippen molar-refractivity contribution >= 4 is 68.7 Å². The summed E-state index contributed by atoms with van der Waals surface area (Å²) < 4.78 is 17.2. The van der Waals surface area contributed by atoms with Gasteiger partial charge in [-0.05, 0) is 83.4 Å². The molecule has 0 atom stereocenters. The van der Waals surface area contributed by atoms with Crippen molar-refractivity contribution in [1.29, 1.82) is 0 Å². The van der Waals surface area contributed by atoms with Gasteiger partial charge in [0, 0.05) is 5.02 Å². The molecule has 5 amide bonds. The van der Waals surface area contributed by atoms with E-state index in [2.05, 4.69) is 26.6 Å². The molecule has 4 rings (SSSR count). The first-order chi connectivity index (χ1) is 19.6. The zero-order chi connectivity index (χ0) is 29.7. The first-order valence-corrected chi connectivity index (χ1v) is 13.5. The molecule has 0 aromatic heterocycles. The van der Waals surface area contributed by atoms with Gasteiger partial charge in [0.25, 0.3) is 17.7 Å². The average Bonchev–Trinajstić information content (AvgIpc) is 2.93. The number of rotatable bonds is 9. The number of hydrogen-bond acceptors (Lipinski definition) is 7. The van der Waals surface area contributed by atoms with Crippen LogP contribution in [0.25, 0.3) is 6.08 Å². The molecule has 1 fully saturated rings. The van der Waals surface area contributed by atoms with E-state index >= 15 is 0 Å². The van der Waals surface area contributed by atoms with Crippen LogP contribution in [0, 0.1) is 6.92 Å². The van der Waals surface area contributed by atoms with E-state index in [-0.39, 0.29) is 36.0 Å². The second-order valence-electron chi connectivity index (χ2n) is 8.64. The molecule has 2 N–H and O–H groups in total. The standard InChI is InChI=1S/C29H25BrClN3O7/c1-4-40-24-14-17(13-19(30)26(24)41-15-25(35)32-21-9-5-6-11-23(21)39-3)12-18-27(36)33-29(38)34(28(18)37)22-10-7-8-20(31)16(22)2/h5-14H,4,15H2,1-3H3,(H,32,35)(H,33,36,38)/b18-12-. The van der Waals surface area contributed by atoms with Gasteiger partial charge in [0.05, 0.1) is 29.6 Å². The van der Waals surface area contributed by atoms with Gasteiger partial charge in [0.1, 0.15) is 11.3 Å². The number of amides is 5. The lowest BCUT2D eigenvalue weighted by atomic mass is 10.1. The first-order valence-electron chi connectivity index (χ1n) is 12.3. The maximum atomic E-state index is 13.4. The van der Waals surface area contributed by atoms with Gasteiger partial charge < -0.3 is 19.5 Å². The molecule has 0 radical (unpaired) electrons. The van der Waals surface area contributed by atoms with Crippen LogP contribution in [0.1, 0.15) is 18.1 Å². The predicted molar refractivity (Wildman–Crippen MR) is 158 cm³/mol. The third kappa shape index (κ3) is 6.53. The monoisotopic (exact) mass is 641 g/mol. The SMILES string of the molecule is CCOc1cc(/C=C2/C(=O)NC(=O)N(c3cccc(Cl)c3C)C2=O)cc(Br)c1OCC(=O)Nc1ccccc1OC. The fraction of sp³-hybridized carbons (Fsp3) is 0.172. The highest BCUT2D eigenvalue weighted by Crippen LogP contribution is 2.38. The van der Waals surface area contributed by atoms with E-state index in [1.807, 2.05) is 0 Å². The highest BCUT2D eigenvalue weighted by Gasteiger charge is 2.37. The normalized spacial score (nSPS) is 14.1. The molecule has 3 aromatic carbocycles. The molecule has 12 heteroatoms. The molecular formula is C29H25BrClN3O7. The Hall–Kier alpha value is -4.35. The first kappa shape index (κ1) is 29.6. The molecular weight excluding hydrogens is 618 g/mol. The summed E-state index contributed by atoms with van der Waals surface area (Å²) in [7, 11) is 1.50. The van der Waals surface area contributed by atoms with Crippen LogP contribution in [-0.2, 0) is 14.4 Å². The van der Waals surface area contributed by atoms with E-state index in [9.17, 15) is 19.2 Å². The third-order valence-electron chi connectivity index (χ3n) is 5.95. The Labute approximate surface area is 249 Å². The minimum atomic E-state index is -0.881. The second kappa shape index (κ2) is 12.9. The van der Waals surface area contributed by atoms with E-state index < -0.39 is 23.8 Å². The Balaban J connectivity index is 1.60. The molecule has 0 unspecified atom stereocenters. The number of carbonyl (C=O) groups is 4. The number of ether oxygens (including phenoxy) is 3. The Bertz CT molecular complexity index is 1570. The number of methoxy groups -OCH3 is 1. The van der Waals surface area contributed by atoms with E-state index in [0.717, 1.165) is 4.90 Å². The van der Waals surface area contributed by atoms with Crippen LogP contribution in [0.2, 0.25) is 5.02 Å². The van der Waals surface area contributed by atoms with Crippen molar-refractivity contribution in [3.8, 4) is 17.2 Å². The molecule has 0 saturated carbocycles. The Morgan fingerprint density at radius 2 is 1.83 bits per heavy atom. The van der Waals surface area contributed by atoms with Gasteiger partial charge in [-0.25, -0.2) is 9.69 Å². The number of barbiturate groups is 1. The van der Waals surface area contributed by atoms with E-state index in [0.29, 0.717) is 32.1 Å². The minimum absolute atomic E-state index is 0.245. The molecule has 0 aliphatic carbocycles. The Kier molecular flexibility index (Phi) is 9.31. The summed E-state index contributed by atoms with van der Waals surface area (Å²) >= 11 is 9.62. The van der Waals surface area contributed by atoms with Crippen LogP contribution >= 0.6 is 27.5 Å². The number of benzene rings is 3. The van der Waals surface area contributed by atoms with Gasteiger partial charge in [0.2, 0.25) is 0 Å². The van der Waals surface area contributed by atoms with Gasteiger partial charge >= 0.3 is 6.03 Å². The van der Waals surface area contributed by atoms with Crippen LogP contribution in [0.5, 0.6) is 17.2 Å². The maximum absolute atomic E-state index is 13.4. The molecule has 0 bridgehead atoms. The van der Waals surface area contributed by atoms with Crippen LogP contribution in [0.15, 0.2) is 64.6 Å². The predicted octanol–water partition coefficient (Wildman–Crippen LogP) is 5.50. The molecule has 41 heavy (non-hydrogen) atoms. The largest absolute Gasteiger partial charge is 0.495 e. The zero-order valence-corrected chi connectivity index (χ0v) is 24.6. The fourth-order valence-electron chi connectivity index (χ4n) is 4.03.